The minimum absolute atomic E-state index is 0.0831. The first-order valence-corrected chi connectivity index (χ1v) is 7.28. The van der Waals surface area contributed by atoms with Gasteiger partial charge in [-0.1, -0.05) is 13.8 Å². The molecule has 0 amide bonds. The van der Waals surface area contributed by atoms with Gasteiger partial charge >= 0.3 is 5.97 Å². The molecule has 0 aliphatic heterocycles. The molecule has 0 aromatic carbocycles. The van der Waals surface area contributed by atoms with Gasteiger partial charge in [0.15, 0.2) is 5.69 Å². The van der Waals surface area contributed by atoms with Crippen LogP contribution in [0.2, 0.25) is 0 Å². The molecule has 4 nitrogen and oxygen atoms in total. The van der Waals surface area contributed by atoms with Crippen molar-refractivity contribution in [3.05, 3.63) is 24.0 Å². The van der Waals surface area contributed by atoms with Crippen LogP contribution in [0, 0.1) is 0 Å². The molecule has 0 saturated heterocycles. The highest BCUT2D eigenvalue weighted by atomic mass is 32.2. The van der Waals surface area contributed by atoms with Crippen molar-refractivity contribution in [3.63, 3.8) is 0 Å². The lowest BCUT2D eigenvalue weighted by Gasteiger charge is -2.30. The number of carboxylic acids is 1. The van der Waals surface area contributed by atoms with Crippen molar-refractivity contribution < 1.29 is 9.90 Å². The highest BCUT2D eigenvalue weighted by Crippen LogP contribution is 2.30. The maximum absolute atomic E-state index is 11.0. The van der Waals surface area contributed by atoms with Crippen molar-refractivity contribution in [2.75, 3.05) is 18.1 Å². The zero-order chi connectivity index (χ0) is 13.6. The van der Waals surface area contributed by atoms with E-state index < -0.39 is 5.97 Å². The number of nitrogens with zero attached hydrogens (tertiary/aromatic N) is 1. The van der Waals surface area contributed by atoms with Gasteiger partial charge in [0.05, 0.1) is 5.69 Å². The average molecular weight is 268 g/mol. The van der Waals surface area contributed by atoms with E-state index in [1.165, 1.54) is 6.20 Å². The van der Waals surface area contributed by atoms with E-state index in [-0.39, 0.29) is 10.4 Å². The number of hydrogen-bond acceptors (Lipinski definition) is 4. The van der Waals surface area contributed by atoms with Crippen molar-refractivity contribution in [1.29, 1.82) is 0 Å². The van der Waals surface area contributed by atoms with E-state index in [2.05, 4.69) is 30.4 Å². The minimum atomic E-state index is -0.999. The average Bonchev–Trinajstić information content (AvgIpc) is 2.41. The minimum Gasteiger partial charge on any atom is -0.476 e. The molecule has 0 aliphatic carbocycles. The Hall–Kier alpha value is -1.23. The van der Waals surface area contributed by atoms with Crippen LogP contribution in [-0.4, -0.2) is 33.6 Å². The van der Waals surface area contributed by atoms with E-state index in [9.17, 15) is 4.79 Å². The summed E-state index contributed by atoms with van der Waals surface area (Å²) in [5.41, 5.74) is 0.671. The fraction of sp³-hybridized carbons (Fsp3) is 0.538. The van der Waals surface area contributed by atoms with Gasteiger partial charge in [-0.25, -0.2) is 9.78 Å². The lowest BCUT2D eigenvalue weighted by molar-refractivity contribution is 0.0691. The molecule has 0 fully saturated rings. The molecule has 0 bridgehead atoms. The standard InChI is InChI=1S/C13H20N2O2S/c1-4-13(5-2,18-3)9-15-10-7-6-8-14-11(10)12(16)17/h6-8,15H,4-5,9H2,1-3H3,(H,16,17). The lowest BCUT2D eigenvalue weighted by atomic mass is 10.0. The molecule has 18 heavy (non-hydrogen) atoms. The number of rotatable bonds is 7. The number of pyridine rings is 1. The van der Waals surface area contributed by atoms with E-state index in [0.29, 0.717) is 5.69 Å². The van der Waals surface area contributed by atoms with Crippen LogP contribution in [0.1, 0.15) is 37.2 Å². The zero-order valence-electron chi connectivity index (χ0n) is 11.1. The second-order valence-corrected chi connectivity index (χ2v) is 5.43. The van der Waals surface area contributed by atoms with Crippen molar-refractivity contribution in [3.8, 4) is 0 Å². The van der Waals surface area contributed by atoms with E-state index in [1.807, 2.05) is 11.8 Å². The molecule has 0 spiro atoms. The van der Waals surface area contributed by atoms with Gasteiger partial charge in [0.1, 0.15) is 0 Å². The second kappa shape index (κ2) is 6.64. The number of hydrogen-bond donors (Lipinski definition) is 2. The molecule has 1 heterocycles. The van der Waals surface area contributed by atoms with Gasteiger partial charge in [-0.05, 0) is 31.2 Å². The summed E-state index contributed by atoms with van der Waals surface area (Å²) < 4.78 is 0.144. The van der Waals surface area contributed by atoms with Crippen molar-refractivity contribution in [2.45, 2.75) is 31.4 Å². The number of aromatic carboxylic acids is 1. The molecule has 0 aliphatic rings. The predicted octanol–water partition coefficient (Wildman–Crippen LogP) is 3.11. The van der Waals surface area contributed by atoms with Crippen LogP contribution in [-0.2, 0) is 0 Å². The van der Waals surface area contributed by atoms with Crippen LogP contribution in [0.5, 0.6) is 0 Å². The molecule has 0 unspecified atom stereocenters. The number of nitrogens with one attached hydrogen (secondary N) is 1. The van der Waals surface area contributed by atoms with Crippen molar-refractivity contribution >= 4 is 23.4 Å². The van der Waals surface area contributed by atoms with Gasteiger partial charge in [-0.3, -0.25) is 0 Å². The number of carboxylic acid groups (broad SMARTS) is 1. The zero-order valence-corrected chi connectivity index (χ0v) is 11.9. The lowest BCUT2D eigenvalue weighted by Crippen LogP contribution is -2.32. The summed E-state index contributed by atoms with van der Waals surface area (Å²) in [6.07, 6.45) is 5.67. The Kier molecular flexibility index (Phi) is 5.47. The highest BCUT2D eigenvalue weighted by molar-refractivity contribution is 8.00. The third kappa shape index (κ3) is 3.38. The van der Waals surface area contributed by atoms with E-state index in [0.717, 1.165) is 19.4 Å². The maximum Gasteiger partial charge on any atom is 0.356 e. The summed E-state index contributed by atoms with van der Waals surface area (Å²) in [5, 5.41) is 12.3. The molecule has 1 aromatic rings. The largest absolute Gasteiger partial charge is 0.476 e. The van der Waals surface area contributed by atoms with Crippen LogP contribution < -0.4 is 5.32 Å². The van der Waals surface area contributed by atoms with Crippen LogP contribution in [0.4, 0.5) is 5.69 Å². The summed E-state index contributed by atoms with van der Waals surface area (Å²) >= 11 is 1.82. The number of carbonyl (C=O) groups is 1. The third-order valence-electron chi connectivity index (χ3n) is 3.33. The van der Waals surface area contributed by atoms with Gasteiger partial charge in [0.25, 0.3) is 0 Å². The van der Waals surface area contributed by atoms with E-state index >= 15 is 0 Å². The van der Waals surface area contributed by atoms with Crippen molar-refractivity contribution in [2.24, 2.45) is 0 Å². The molecule has 0 radical (unpaired) electrons. The fourth-order valence-corrected chi connectivity index (χ4v) is 2.63. The summed E-state index contributed by atoms with van der Waals surface area (Å²) in [5.74, 6) is -0.999. The van der Waals surface area contributed by atoms with Gasteiger partial charge in [-0.15, -0.1) is 0 Å². The van der Waals surface area contributed by atoms with E-state index in [1.54, 1.807) is 12.1 Å². The Morgan fingerprint density at radius 3 is 2.67 bits per heavy atom. The number of anilines is 1. The van der Waals surface area contributed by atoms with Crippen LogP contribution in [0.25, 0.3) is 0 Å². The van der Waals surface area contributed by atoms with Gasteiger partial charge in [0, 0.05) is 17.5 Å². The number of aromatic nitrogens is 1. The Balaban J connectivity index is 2.83. The third-order valence-corrected chi connectivity index (χ3v) is 4.92. The fourth-order valence-electron chi connectivity index (χ4n) is 1.84. The Labute approximate surface area is 112 Å². The molecule has 1 aromatic heterocycles. The molecule has 100 valence electrons. The molecule has 0 atom stereocenters. The number of thioether (sulfide) groups is 1. The van der Waals surface area contributed by atoms with Crippen molar-refractivity contribution in [1.82, 2.24) is 4.98 Å². The Morgan fingerprint density at radius 2 is 2.17 bits per heavy atom. The maximum atomic E-state index is 11.0. The van der Waals surface area contributed by atoms with Gasteiger partial charge in [-0.2, -0.15) is 11.8 Å². The van der Waals surface area contributed by atoms with Gasteiger partial charge in [0.2, 0.25) is 0 Å². The normalized spacial score (nSPS) is 11.3. The SMILES string of the molecule is CCC(CC)(CNc1cccnc1C(=O)O)SC. The smallest absolute Gasteiger partial charge is 0.356 e. The van der Waals surface area contributed by atoms with Gasteiger partial charge < -0.3 is 10.4 Å². The molecule has 5 heteroatoms. The Morgan fingerprint density at radius 1 is 1.50 bits per heavy atom. The summed E-state index contributed by atoms with van der Waals surface area (Å²) in [7, 11) is 0. The molecule has 0 saturated carbocycles. The summed E-state index contributed by atoms with van der Waals surface area (Å²) in [6.45, 7) is 5.05. The summed E-state index contributed by atoms with van der Waals surface area (Å²) in [4.78, 5) is 14.9. The van der Waals surface area contributed by atoms with Crippen LogP contribution >= 0.6 is 11.8 Å². The van der Waals surface area contributed by atoms with E-state index in [4.69, 9.17) is 5.11 Å². The molecular weight excluding hydrogens is 248 g/mol. The summed E-state index contributed by atoms with van der Waals surface area (Å²) in [6, 6.07) is 3.50. The molecule has 1 rings (SSSR count). The molecular formula is C13H20N2O2S. The first-order valence-electron chi connectivity index (χ1n) is 6.06. The van der Waals surface area contributed by atoms with Crippen LogP contribution in [0.15, 0.2) is 18.3 Å². The Bertz CT molecular complexity index is 397. The molecule has 2 N–H and O–H groups in total. The predicted molar refractivity (Wildman–Crippen MR) is 76.5 cm³/mol. The first-order chi connectivity index (χ1) is 8.58. The monoisotopic (exact) mass is 268 g/mol. The van der Waals surface area contributed by atoms with Crippen LogP contribution in [0.3, 0.4) is 0 Å². The quantitative estimate of drug-likeness (QED) is 0.795. The second-order valence-electron chi connectivity index (χ2n) is 4.15. The topological polar surface area (TPSA) is 62.2 Å². The highest BCUT2D eigenvalue weighted by Gasteiger charge is 2.25. The first kappa shape index (κ1) is 14.8.